The molecule has 4 nitrogen and oxygen atoms in total. The molecule has 6 heteroatoms. The SMILES string of the molecule is CNC(c1ccc2c(c1)NC(=O)CO2)c1sccc1Br. The van der Waals surface area contributed by atoms with Crippen molar-refractivity contribution in [1.82, 2.24) is 5.32 Å². The molecular formula is C14H13BrN2O2S. The van der Waals surface area contributed by atoms with Gasteiger partial charge in [-0.1, -0.05) is 6.07 Å². The van der Waals surface area contributed by atoms with E-state index in [1.54, 1.807) is 11.3 Å². The number of benzene rings is 1. The molecule has 1 aliphatic heterocycles. The molecule has 0 fully saturated rings. The van der Waals surface area contributed by atoms with Gasteiger partial charge in [-0.25, -0.2) is 0 Å². The van der Waals surface area contributed by atoms with Crippen molar-refractivity contribution in [1.29, 1.82) is 0 Å². The molecule has 1 aromatic carbocycles. The fourth-order valence-corrected chi connectivity index (χ4v) is 3.98. The van der Waals surface area contributed by atoms with Gasteiger partial charge < -0.3 is 15.4 Å². The Morgan fingerprint density at radius 1 is 1.45 bits per heavy atom. The van der Waals surface area contributed by atoms with Gasteiger partial charge in [-0.15, -0.1) is 11.3 Å². The van der Waals surface area contributed by atoms with E-state index in [4.69, 9.17) is 4.74 Å². The maximum Gasteiger partial charge on any atom is 0.262 e. The lowest BCUT2D eigenvalue weighted by atomic mass is 10.0. The maximum atomic E-state index is 11.4. The van der Waals surface area contributed by atoms with Crippen LogP contribution in [0, 0.1) is 0 Å². The lowest BCUT2D eigenvalue weighted by Gasteiger charge is -2.21. The largest absolute Gasteiger partial charge is 0.482 e. The smallest absolute Gasteiger partial charge is 0.262 e. The number of ether oxygens (including phenoxy) is 1. The van der Waals surface area contributed by atoms with Crippen LogP contribution in [0.3, 0.4) is 0 Å². The Morgan fingerprint density at radius 3 is 3.00 bits per heavy atom. The molecule has 2 N–H and O–H groups in total. The highest BCUT2D eigenvalue weighted by Crippen LogP contribution is 2.36. The third kappa shape index (κ3) is 2.46. The first kappa shape index (κ1) is 13.6. The summed E-state index contributed by atoms with van der Waals surface area (Å²) >= 11 is 5.25. The van der Waals surface area contributed by atoms with E-state index in [1.165, 1.54) is 4.88 Å². The van der Waals surface area contributed by atoms with Crippen LogP contribution in [-0.2, 0) is 4.79 Å². The molecule has 2 heterocycles. The highest BCUT2D eigenvalue weighted by Gasteiger charge is 2.21. The van der Waals surface area contributed by atoms with Gasteiger partial charge in [-0.2, -0.15) is 0 Å². The van der Waals surface area contributed by atoms with Crippen molar-refractivity contribution in [3.63, 3.8) is 0 Å². The Kier molecular flexibility index (Phi) is 3.78. The van der Waals surface area contributed by atoms with Gasteiger partial charge in [-0.3, -0.25) is 4.79 Å². The summed E-state index contributed by atoms with van der Waals surface area (Å²) in [6.45, 7) is 0.0816. The average molecular weight is 353 g/mol. The van der Waals surface area contributed by atoms with E-state index >= 15 is 0 Å². The minimum Gasteiger partial charge on any atom is -0.482 e. The monoisotopic (exact) mass is 352 g/mol. The first-order chi connectivity index (χ1) is 9.69. The quantitative estimate of drug-likeness (QED) is 0.891. The Hall–Kier alpha value is -1.37. The molecule has 1 unspecified atom stereocenters. The summed E-state index contributed by atoms with van der Waals surface area (Å²) in [5.41, 5.74) is 1.81. The topological polar surface area (TPSA) is 50.4 Å². The van der Waals surface area contributed by atoms with E-state index in [0.29, 0.717) is 5.75 Å². The molecule has 1 aliphatic rings. The Labute approximate surface area is 129 Å². The van der Waals surface area contributed by atoms with Gasteiger partial charge in [0, 0.05) is 9.35 Å². The van der Waals surface area contributed by atoms with Crippen molar-refractivity contribution in [2.75, 3.05) is 19.0 Å². The number of hydrogen-bond acceptors (Lipinski definition) is 4. The fraction of sp³-hybridized carbons (Fsp3) is 0.214. The zero-order valence-electron chi connectivity index (χ0n) is 10.8. The number of carbonyl (C=O) groups excluding carboxylic acids is 1. The summed E-state index contributed by atoms with van der Waals surface area (Å²) in [6.07, 6.45) is 0. The molecule has 0 aliphatic carbocycles. The Balaban J connectivity index is 1.99. The zero-order chi connectivity index (χ0) is 14.1. The van der Waals surface area contributed by atoms with E-state index in [9.17, 15) is 4.79 Å². The van der Waals surface area contributed by atoms with E-state index in [1.807, 2.05) is 36.7 Å². The van der Waals surface area contributed by atoms with Crippen molar-refractivity contribution in [3.8, 4) is 5.75 Å². The average Bonchev–Trinajstić information content (AvgIpc) is 2.86. The minimum atomic E-state index is -0.118. The summed E-state index contributed by atoms with van der Waals surface area (Å²) in [6, 6.07) is 7.99. The molecule has 1 atom stereocenters. The molecule has 1 amide bonds. The van der Waals surface area contributed by atoms with Crippen molar-refractivity contribution in [3.05, 3.63) is 44.6 Å². The normalized spacial score (nSPS) is 15.2. The molecule has 2 aromatic rings. The van der Waals surface area contributed by atoms with Crippen LogP contribution in [0.25, 0.3) is 0 Å². The van der Waals surface area contributed by atoms with Crippen LogP contribution in [0.15, 0.2) is 34.1 Å². The van der Waals surface area contributed by atoms with Gasteiger partial charge in [0.2, 0.25) is 0 Å². The van der Waals surface area contributed by atoms with Crippen LogP contribution in [0.4, 0.5) is 5.69 Å². The second-order valence-electron chi connectivity index (χ2n) is 4.45. The summed E-state index contributed by atoms with van der Waals surface area (Å²) < 4.78 is 6.46. The molecule has 0 bridgehead atoms. The second kappa shape index (κ2) is 5.55. The highest BCUT2D eigenvalue weighted by atomic mass is 79.9. The summed E-state index contributed by atoms with van der Waals surface area (Å²) in [5.74, 6) is 0.599. The van der Waals surface area contributed by atoms with Gasteiger partial charge in [0.1, 0.15) is 5.75 Å². The molecule has 104 valence electrons. The number of nitrogens with one attached hydrogen (secondary N) is 2. The van der Waals surface area contributed by atoms with Gasteiger partial charge >= 0.3 is 0 Å². The van der Waals surface area contributed by atoms with Crippen LogP contribution in [0.5, 0.6) is 5.75 Å². The first-order valence-electron chi connectivity index (χ1n) is 6.16. The lowest BCUT2D eigenvalue weighted by molar-refractivity contribution is -0.118. The number of rotatable bonds is 3. The van der Waals surface area contributed by atoms with Crippen LogP contribution in [0.1, 0.15) is 16.5 Å². The highest BCUT2D eigenvalue weighted by molar-refractivity contribution is 9.10. The van der Waals surface area contributed by atoms with Crippen molar-refractivity contribution < 1.29 is 9.53 Å². The van der Waals surface area contributed by atoms with Crippen LogP contribution < -0.4 is 15.4 Å². The van der Waals surface area contributed by atoms with Gasteiger partial charge in [-0.05, 0) is 52.1 Å². The predicted octanol–water partition coefficient (Wildman–Crippen LogP) is 3.15. The molecule has 3 rings (SSSR count). The maximum absolute atomic E-state index is 11.4. The molecule has 0 spiro atoms. The molecular weight excluding hydrogens is 340 g/mol. The van der Waals surface area contributed by atoms with Crippen LogP contribution >= 0.6 is 27.3 Å². The molecule has 0 saturated carbocycles. The summed E-state index contributed by atoms with van der Waals surface area (Å²) in [4.78, 5) is 12.6. The summed E-state index contributed by atoms with van der Waals surface area (Å²) in [5, 5.41) is 8.19. The molecule has 1 aromatic heterocycles. The number of anilines is 1. The van der Waals surface area contributed by atoms with Gasteiger partial charge in [0.15, 0.2) is 6.61 Å². The van der Waals surface area contributed by atoms with Gasteiger partial charge in [0.05, 0.1) is 11.7 Å². The molecule has 0 saturated heterocycles. The van der Waals surface area contributed by atoms with E-state index < -0.39 is 0 Å². The number of halogens is 1. The second-order valence-corrected chi connectivity index (χ2v) is 6.25. The van der Waals surface area contributed by atoms with Gasteiger partial charge in [0.25, 0.3) is 5.91 Å². The molecule has 0 radical (unpaired) electrons. The fourth-order valence-electron chi connectivity index (χ4n) is 2.24. The number of thiophene rings is 1. The minimum absolute atomic E-state index is 0.0773. The van der Waals surface area contributed by atoms with Crippen molar-refractivity contribution in [2.45, 2.75) is 6.04 Å². The predicted molar refractivity (Wildman–Crippen MR) is 83.5 cm³/mol. The number of fused-ring (bicyclic) bond motifs is 1. The van der Waals surface area contributed by atoms with Crippen LogP contribution in [0.2, 0.25) is 0 Å². The third-order valence-corrected chi connectivity index (χ3v) is 5.10. The number of hydrogen-bond donors (Lipinski definition) is 2. The van der Waals surface area contributed by atoms with E-state index in [2.05, 4.69) is 26.6 Å². The van der Waals surface area contributed by atoms with E-state index in [-0.39, 0.29) is 18.6 Å². The zero-order valence-corrected chi connectivity index (χ0v) is 13.2. The number of carbonyl (C=O) groups is 1. The van der Waals surface area contributed by atoms with Crippen LogP contribution in [-0.4, -0.2) is 19.6 Å². The molecule has 20 heavy (non-hydrogen) atoms. The standard InChI is InChI=1S/C14H13BrN2O2S/c1-16-13(14-9(15)4-5-20-14)8-2-3-11-10(6-8)17-12(18)7-19-11/h2-6,13,16H,7H2,1H3,(H,17,18). The van der Waals surface area contributed by atoms with E-state index in [0.717, 1.165) is 15.7 Å². The van der Waals surface area contributed by atoms with Crippen molar-refractivity contribution in [2.24, 2.45) is 0 Å². The lowest BCUT2D eigenvalue weighted by Crippen LogP contribution is -2.26. The first-order valence-corrected chi connectivity index (χ1v) is 7.83. The number of amides is 1. The third-order valence-electron chi connectivity index (χ3n) is 3.17. The Morgan fingerprint density at radius 2 is 2.30 bits per heavy atom. The van der Waals surface area contributed by atoms with Crippen molar-refractivity contribution >= 4 is 38.9 Å². The summed E-state index contributed by atoms with van der Waals surface area (Å²) in [7, 11) is 1.92. The Bertz CT molecular complexity index is 656.